The molecule has 0 aromatic heterocycles. The second-order valence-corrected chi connectivity index (χ2v) is 5.93. The Labute approximate surface area is 117 Å². The second kappa shape index (κ2) is 6.30. The van der Waals surface area contributed by atoms with Crippen LogP contribution < -0.4 is 10.5 Å². The summed E-state index contributed by atoms with van der Waals surface area (Å²) in [5.41, 5.74) is 5.64. The Hall–Kier alpha value is -0.930. The van der Waals surface area contributed by atoms with Gasteiger partial charge < -0.3 is 5.73 Å². The summed E-state index contributed by atoms with van der Waals surface area (Å²) in [7, 11) is -3.75. The average Bonchev–Trinajstić information content (AvgIpc) is 2.22. The number of benzene rings is 1. The zero-order chi connectivity index (χ0) is 13.8. The van der Waals surface area contributed by atoms with E-state index in [9.17, 15) is 8.42 Å². The molecule has 0 aliphatic heterocycles. The van der Waals surface area contributed by atoms with Crippen LogP contribution in [-0.4, -0.2) is 15.0 Å². The van der Waals surface area contributed by atoms with Crippen molar-refractivity contribution in [1.82, 2.24) is 4.72 Å². The smallest absolute Gasteiger partial charge is 0.244 e. The number of anilines is 1. The molecule has 7 heteroatoms. The maximum Gasteiger partial charge on any atom is 0.244 e. The minimum Gasteiger partial charge on any atom is -0.398 e. The van der Waals surface area contributed by atoms with E-state index < -0.39 is 10.0 Å². The van der Waals surface area contributed by atoms with Crippen LogP contribution in [0.15, 0.2) is 17.0 Å². The molecule has 0 saturated heterocycles. The zero-order valence-corrected chi connectivity index (χ0v) is 12.0. The van der Waals surface area contributed by atoms with Gasteiger partial charge in [-0.05, 0) is 19.1 Å². The summed E-state index contributed by atoms with van der Waals surface area (Å²) in [6.07, 6.45) is 0.418. The van der Waals surface area contributed by atoms with Gasteiger partial charge in [0, 0.05) is 18.0 Å². The maximum absolute atomic E-state index is 12.0. The predicted molar refractivity (Wildman–Crippen MR) is 74.1 cm³/mol. The van der Waals surface area contributed by atoms with Crippen molar-refractivity contribution in [3.05, 3.63) is 22.2 Å². The predicted octanol–water partition coefficient (Wildman–Crippen LogP) is 2.27. The molecule has 4 nitrogen and oxygen atoms in total. The number of nitrogen functional groups attached to an aromatic ring is 1. The highest BCUT2D eigenvalue weighted by molar-refractivity contribution is 7.89. The van der Waals surface area contributed by atoms with Gasteiger partial charge in [-0.3, -0.25) is 0 Å². The summed E-state index contributed by atoms with van der Waals surface area (Å²) in [6, 6.07) is 2.67. The molecular formula is C11H12Cl2N2O2S. The van der Waals surface area contributed by atoms with Gasteiger partial charge in [-0.2, -0.15) is 0 Å². The average molecular weight is 307 g/mol. The lowest BCUT2D eigenvalue weighted by atomic mass is 10.3. The number of nitrogens with two attached hydrogens (primary N) is 1. The van der Waals surface area contributed by atoms with Crippen molar-refractivity contribution in [3.63, 3.8) is 0 Å². The number of halogens is 2. The quantitative estimate of drug-likeness (QED) is 0.509. The highest BCUT2D eigenvalue weighted by Crippen LogP contribution is 2.30. The molecule has 3 N–H and O–H groups in total. The lowest BCUT2D eigenvalue weighted by molar-refractivity contribution is 0.583. The molecule has 1 aromatic rings. The molecule has 0 heterocycles. The molecule has 0 amide bonds. The molecule has 18 heavy (non-hydrogen) atoms. The fraction of sp³-hybridized carbons (Fsp3) is 0.273. The van der Waals surface area contributed by atoms with Gasteiger partial charge in [0.2, 0.25) is 10.0 Å². The molecule has 0 spiro atoms. The molecule has 0 radical (unpaired) electrons. The first-order valence-electron chi connectivity index (χ1n) is 5.02. The summed E-state index contributed by atoms with van der Waals surface area (Å²) in [5, 5.41) is 0.280. The van der Waals surface area contributed by atoms with Crippen molar-refractivity contribution in [1.29, 1.82) is 0 Å². The number of hydrogen-bond acceptors (Lipinski definition) is 3. The van der Waals surface area contributed by atoms with E-state index >= 15 is 0 Å². The lowest BCUT2D eigenvalue weighted by Gasteiger charge is -2.10. The second-order valence-electron chi connectivity index (χ2n) is 3.38. The first-order chi connectivity index (χ1) is 8.38. The van der Waals surface area contributed by atoms with Crippen LogP contribution in [0.1, 0.15) is 13.3 Å². The number of rotatable bonds is 4. The topological polar surface area (TPSA) is 72.2 Å². The van der Waals surface area contributed by atoms with E-state index in [4.69, 9.17) is 28.9 Å². The van der Waals surface area contributed by atoms with Crippen molar-refractivity contribution in [2.75, 3.05) is 12.3 Å². The molecule has 0 saturated carbocycles. The third kappa shape index (κ3) is 3.79. The molecule has 0 unspecified atom stereocenters. The Morgan fingerprint density at radius 2 is 2.06 bits per heavy atom. The van der Waals surface area contributed by atoms with E-state index in [1.165, 1.54) is 12.1 Å². The van der Waals surface area contributed by atoms with Crippen molar-refractivity contribution in [3.8, 4) is 11.8 Å². The number of sulfonamides is 1. The summed E-state index contributed by atoms with van der Waals surface area (Å²) >= 11 is 11.6. The Balaban J connectivity index is 3.01. The van der Waals surface area contributed by atoms with Crippen molar-refractivity contribution >= 4 is 38.9 Å². The lowest BCUT2D eigenvalue weighted by Crippen LogP contribution is -2.25. The Kier molecular flexibility index (Phi) is 5.29. The van der Waals surface area contributed by atoms with Gasteiger partial charge in [-0.25, -0.2) is 13.1 Å². The summed E-state index contributed by atoms with van der Waals surface area (Å²) in [4.78, 5) is -0.155. The Morgan fingerprint density at radius 3 is 2.61 bits per heavy atom. The minimum absolute atomic E-state index is 0.00549. The Bertz CT molecular complexity index is 580. The molecule has 1 rings (SSSR count). The van der Waals surface area contributed by atoms with Crippen LogP contribution in [0, 0.1) is 11.8 Å². The third-order valence-corrected chi connectivity index (χ3v) is 4.23. The SMILES string of the molecule is CC#CCCNS(=O)(=O)c1c(N)cc(Cl)cc1Cl. The normalized spacial score (nSPS) is 10.8. The van der Waals surface area contributed by atoms with E-state index in [1.54, 1.807) is 6.92 Å². The van der Waals surface area contributed by atoms with Crippen LogP contribution in [0.25, 0.3) is 0 Å². The van der Waals surface area contributed by atoms with E-state index in [-0.39, 0.29) is 27.2 Å². The van der Waals surface area contributed by atoms with Crippen LogP contribution in [0.2, 0.25) is 10.0 Å². The summed E-state index contributed by atoms with van der Waals surface area (Å²) in [6.45, 7) is 1.88. The van der Waals surface area contributed by atoms with Gasteiger partial charge in [0.15, 0.2) is 0 Å². The molecule has 98 valence electrons. The van der Waals surface area contributed by atoms with Gasteiger partial charge in [-0.15, -0.1) is 11.8 Å². The summed E-state index contributed by atoms with van der Waals surface area (Å²) < 4.78 is 26.3. The van der Waals surface area contributed by atoms with Crippen LogP contribution in [-0.2, 0) is 10.0 Å². The molecule has 0 aliphatic carbocycles. The van der Waals surface area contributed by atoms with Crippen molar-refractivity contribution in [2.45, 2.75) is 18.2 Å². The largest absolute Gasteiger partial charge is 0.398 e. The van der Waals surface area contributed by atoms with Gasteiger partial charge in [-0.1, -0.05) is 23.2 Å². The van der Waals surface area contributed by atoms with Crippen LogP contribution in [0.3, 0.4) is 0 Å². The molecule has 0 bridgehead atoms. The fourth-order valence-corrected chi connectivity index (χ4v) is 3.32. The van der Waals surface area contributed by atoms with E-state index in [1.807, 2.05) is 0 Å². The van der Waals surface area contributed by atoms with Gasteiger partial charge in [0.25, 0.3) is 0 Å². The standard InChI is InChI=1S/C11H12Cl2N2O2S/c1-2-3-4-5-15-18(16,17)11-9(13)6-8(12)7-10(11)14/h6-7,15H,4-5,14H2,1H3. The third-order valence-electron chi connectivity index (χ3n) is 2.02. The number of hydrogen-bond donors (Lipinski definition) is 2. The van der Waals surface area contributed by atoms with E-state index in [0.29, 0.717) is 6.42 Å². The minimum atomic E-state index is -3.75. The maximum atomic E-state index is 12.0. The number of nitrogens with one attached hydrogen (secondary N) is 1. The fourth-order valence-electron chi connectivity index (χ4n) is 1.31. The van der Waals surface area contributed by atoms with Gasteiger partial charge in [0.05, 0.1) is 10.7 Å². The molecule has 0 atom stereocenters. The zero-order valence-electron chi connectivity index (χ0n) is 9.63. The van der Waals surface area contributed by atoms with Gasteiger partial charge in [0.1, 0.15) is 4.90 Å². The highest BCUT2D eigenvalue weighted by atomic mass is 35.5. The molecule has 0 fully saturated rings. The van der Waals surface area contributed by atoms with E-state index in [2.05, 4.69) is 16.6 Å². The van der Waals surface area contributed by atoms with Crippen molar-refractivity contribution < 1.29 is 8.42 Å². The first-order valence-corrected chi connectivity index (χ1v) is 7.26. The summed E-state index contributed by atoms with van der Waals surface area (Å²) in [5.74, 6) is 5.42. The molecular weight excluding hydrogens is 295 g/mol. The van der Waals surface area contributed by atoms with Gasteiger partial charge >= 0.3 is 0 Å². The van der Waals surface area contributed by atoms with Crippen LogP contribution >= 0.6 is 23.2 Å². The van der Waals surface area contributed by atoms with Crippen LogP contribution in [0.4, 0.5) is 5.69 Å². The highest BCUT2D eigenvalue weighted by Gasteiger charge is 2.21. The van der Waals surface area contributed by atoms with Crippen molar-refractivity contribution in [2.24, 2.45) is 0 Å². The van der Waals surface area contributed by atoms with Crippen LogP contribution in [0.5, 0.6) is 0 Å². The Morgan fingerprint density at radius 1 is 1.39 bits per heavy atom. The molecule has 1 aromatic carbocycles. The first kappa shape index (κ1) is 15.1. The monoisotopic (exact) mass is 306 g/mol. The molecule has 0 aliphatic rings. The van der Waals surface area contributed by atoms with E-state index in [0.717, 1.165) is 0 Å².